The van der Waals surface area contributed by atoms with E-state index in [-0.39, 0.29) is 0 Å². The fraction of sp³-hybridized carbons (Fsp3) is 0.455. The molecule has 0 aliphatic carbocycles. The van der Waals surface area contributed by atoms with Gasteiger partial charge in [-0.25, -0.2) is 0 Å². The van der Waals surface area contributed by atoms with E-state index in [0.717, 1.165) is 0 Å². The summed E-state index contributed by atoms with van der Waals surface area (Å²) in [4.78, 5) is 0. The number of aliphatic hydroxyl groups is 3. The number of aromatic hydroxyl groups is 1. The molecule has 1 aromatic rings. The third-order valence-electron chi connectivity index (χ3n) is 1.98. The van der Waals surface area contributed by atoms with Crippen LogP contribution in [0.5, 0.6) is 5.75 Å². The van der Waals surface area contributed by atoms with E-state index >= 15 is 0 Å². The van der Waals surface area contributed by atoms with E-state index in [9.17, 15) is 0 Å². The van der Waals surface area contributed by atoms with Crippen molar-refractivity contribution < 1.29 is 20.4 Å². The van der Waals surface area contributed by atoms with Gasteiger partial charge in [0.2, 0.25) is 0 Å². The molecule has 5 nitrogen and oxygen atoms in total. The molecule has 0 amide bonds. The van der Waals surface area contributed by atoms with Crippen LogP contribution in [0.4, 0.5) is 0 Å². The summed E-state index contributed by atoms with van der Waals surface area (Å²) in [6.45, 7) is 0.777. The smallest absolute Gasteiger partial charge is 0.115 e. The lowest BCUT2D eigenvalue weighted by Gasteiger charge is -2.20. The van der Waals surface area contributed by atoms with Crippen molar-refractivity contribution in [3.8, 4) is 5.75 Å². The van der Waals surface area contributed by atoms with Crippen LogP contribution in [0.3, 0.4) is 0 Å². The van der Waals surface area contributed by atoms with E-state index in [1.165, 1.54) is 5.56 Å². The second-order valence-corrected chi connectivity index (χ2v) is 3.67. The minimum absolute atomic E-state index is 0.329. The molecule has 0 spiro atoms. The summed E-state index contributed by atoms with van der Waals surface area (Å²) in [5, 5.41) is 33.8. The van der Waals surface area contributed by atoms with Gasteiger partial charge in [-0.2, -0.15) is 0 Å². The van der Waals surface area contributed by atoms with Gasteiger partial charge in [0.25, 0.3) is 0 Å². The Balaban J connectivity index is 0.000000281. The molecule has 1 aromatic carbocycles. The summed E-state index contributed by atoms with van der Waals surface area (Å²) in [5.41, 5.74) is 5.11. The Hall–Kier alpha value is -1.14. The maximum absolute atomic E-state index is 8.76. The molecule has 0 aliphatic heterocycles. The van der Waals surface area contributed by atoms with Gasteiger partial charge in [-0.1, -0.05) is 17.7 Å². The number of phenolic OH excluding ortho intramolecular Hbond substituents is 1. The molecule has 0 aliphatic rings. The largest absolute Gasteiger partial charge is 0.508 e. The molecule has 5 heteroatoms. The Kier molecular flexibility index (Phi) is 6.67. The van der Waals surface area contributed by atoms with Gasteiger partial charge in [-0.15, -0.1) is 0 Å². The minimum atomic E-state index is -1.21. The topological polar surface area (TPSA) is 107 Å². The molecule has 0 heterocycles. The molecule has 0 bridgehead atoms. The van der Waals surface area contributed by atoms with Crippen molar-refractivity contribution in [1.29, 1.82) is 0 Å². The van der Waals surface area contributed by atoms with Crippen LogP contribution in [-0.4, -0.2) is 45.8 Å². The van der Waals surface area contributed by atoms with Crippen LogP contribution in [0.15, 0.2) is 24.3 Å². The zero-order chi connectivity index (χ0) is 12.6. The first-order chi connectivity index (χ1) is 7.47. The first-order valence-corrected chi connectivity index (χ1v) is 4.84. The van der Waals surface area contributed by atoms with Crippen molar-refractivity contribution in [3.63, 3.8) is 0 Å². The molecule has 16 heavy (non-hydrogen) atoms. The van der Waals surface area contributed by atoms with E-state index < -0.39 is 25.4 Å². The van der Waals surface area contributed by atoms with Gasteiger partial charge in [-0.05, 0) is 19.1 Å². The predicted octanol–water partition coefficient (Wildman–Crippen LogP) is -0.639. The molecule has 0 aromatic heterocycles. The first kappa shape index (κ1) is 14.9. The van der Waals surface area contributed by atoms with Gasteiger partial charge < -0.3 is 26.2 Å². The summed E-state index contributed by atoms with van der Waals surface area (Å²) in [6, 6.07) is 7.09. The van der Waals surface area contributed by atoms with Crippen LogP contribution in [-0.2, 0) is 0 Å². The molecular formula is C11H19NO4. The highest BCUT2D eigenvalue weighted by Gasteiger charge is 2.20. The van der Waals surface area contributed by atoms with Gasteiger partial charge in [0.15, 0.2) is 0 Å². The van der Waals surface area contributed by atoms with E-state index in [4.69, 9.17) is 26.2 Å². The lowest BCUT2D eigenvalue weighted by Crippen LogP contribution is -2.50. The quantitative estimate of drug-likeness (QED) is 0.474. The monoisotopic (exact) mass is 229 g/mol. The third kappa shape index (κ3) is 5.67. The van der Waals surface area contributed by atoms with Crippen LogP contribution in [0.25, 0.3) is 0 Å². The number of aliphatic hydroxyl groups excluding tert-OH is 3. The van der Waals surface area contributed by atoms with E-state index in [1.54, 1.807) is 12.1 Å². The normalized spacial score (nSPS) is 10.6. The highest BCUT2D eigenvalue weighted by Crippen LogP contribution is 2.07. The standard InChI is InChI=1S/C7H8O.C4H11NO3/c1-6-2-4-7(8)5-3-6;5-4(1-6,2-7)3-8/h2-5,8H,1H3;6-8H,1-3,5H2. The number of nitrogens with two attached hydrogens (primary N) is 1. The Labute approximate surface area is 94.8 Å². The highest BCUT2D eigenvalue weighted by atomic mass is 16.3. The summed E-state index contributed by atoms with van der Waals surface area (Å²) < 4.78 is 0. The van der Waals surface area contributed by atoms with Crippen molar-refractivity contribution in [2.45, 2.75) is 12.5 Å². The fourth-order valence-electron chi connectivity index (χ4n) is 0.695. The van der Waals surface area contributed by atoms with Gasteiger partial charge in [0, 0.05) is 0 Å². The Morgan fingerprint density at radius 2 is 1.38 bits per heavy atom. The van der Waals surface area contributed by atoms with E-state index in [2.05, 4.69) is 0 Å². The SMILES string of the molecule is Cc1ccc(O)cc1.NC(CO)(CO)CO. The number of aryl methyl sites for hydroxylation is 1. The zero-order valence-corrected chi connectivity index (χ0v) is 9.30. The highest BCUT2D eigenvalue weighted by molar-refractivity contribution is 5.24. The van der Waals surface area contributed by atoms with Crippen LogP contribution >= 0.6 is 0 Å². The Morgan fingerprint density at radius 3 is 1.56 bits per heavy atom. The third-order valence-corrected chi connectivity index (χ3v) is 1.98. The maximum atomic E-state index is 8.76. The second kappa shape index (κ2) is 7.19. The van der Waals surface area contributed by atoms with Gasteiger partial charge in [-0.3, -0.25) is 0 Å². The van der Waals surface area contributed by atoms with Crippen LogP contribution in [0.2, 0.25) is 0 Å². The summed E-state index contributed by atoms with van der Waals surface area (Å²) in [7, 11) is 0. The van der Waals surface area contributed by atoms with E-state index in [0.29, 0.717) is 5.75 Å². The molecular weight excluding hydrogens is 210 g/mol. The zero-order valence-electron chi connectivity index (χ0n) is 9.30. The summed E-state index contributed by atoms with van der Waals surface area (Å²) in [5.74, 6) is 0.329. The average molecular weight is 229 g/mol. The summed E-state index contributed by atoms with van der Waals surface area (Å²) >= 11 is 0. The molecule has 6 N–H and O–H groups in total. The molecule has 0 saturated heterocycles. The molecule has 0 fully saturated rings. The van der Waals surface area contributed by atoms with Crippen LogP contribution in [0, 0.1) is 6.92 Å². The van der Waals surface area contributed by atoms with Crippen LogP contribution in [0.1, 0.15) is 5.56 Å². The molecule has 92 valence electrons. The van der Waals surface area contributed by atoms with Crippen molar-refractivity contribution in [1.82, 2.24) is 0 Å². The fourth-order valence-corrected chi connectivity index (χ4v) is 0.695. The number of hydrogen-bond donors (Lipinski definition) is 5. The Morgan fingerprint density at radius 1 is 1.00 bits per heavy atom. The lowest BCUT2D eigenvalue weighted by atomic mass is 10.1. The number of rotatable bonds is 3. The number of phenols is 1. The van der Waals surface area contributed by atoms with Crippen molar-refractivity contribution in [2.75, 3.05) is 19.8 Å². The molecule has 1 rings (SSSR count). The minimum Gasteiger partial charge on any atom is -0.508 e. The maximum Gasteiger partial charge on any atom is 0.115 e. The first-order valence-electron chi connectivity index (χ1n) is 4.84. The average Bonchev–Trinajstić information content (AvgIpc) is 2.33. The number of hydrogen-bond acceptors (Lipinski definition) is 5. The van der Waals surface area contributed by atoms with Crippen LogP contribution < -0.4 is 5.73 Å². The van der Waals surface area contributed by atoms with Crippen molar-refractivity contribution in [2.24, 2.45) is 5.73 Å². The predicted molar refractivity (Wildman–Crippen MR) is 61.0 cm³/mol. The second-order valence-electron chi connectivity index (χ2n) is 3.67. The molecule has 0 unspecified atom stereocenters. The van der Waals surface area contributed by atoms with Crippen molar-refractivity contribution >= 4 is 0 Å². The van der Waals surface area contributed by atoms with Gasteiger partial charge in [0.05, 0.1) is 25.4 Å². The molecule has 0 saturated carbocycles. The lowest BCUT2D eigenvalue weighted by molar-refractivity contribution is 0.0698. The molecule has 0 atom stereocenters. The molecule has 0 radical (unpaired) electrons. The van der Waals surface area contributed by atoms with Gasteiger partial charge in [0.1, 0.15) is 5.75 Å². The Bertz CT molecular complexity index is 253. The summed E-state index contributed by atoms with van der Waals surface area (Å²) in [6.07, 6.45) is 0. The van der Waals surface area contributed by atoms with E-state index in [1.807, 2.05) is 19.1 Å². The van der Waals surface area contributed by atoms with Gasteiger partial charge >= 0.3 is 0 Å². The van der Waals surface area contributed by atoms with Crippen molar-refractivity contribution in [3.05, 3.63) is 29.8 Å². The number of benzene rings is 1.